The van der Waals surface area contributed by atoms with Crippen LogP contribution < -0.4 is 14.8 Å². The minimum absolute atomic E-state index is 0.0482. The number of benzene rings is 1. The van der Waals surface area contributed by atoms with E-state index < -0.39 is 15.6 Å². The lowest BCUT2D eigenvalue weighted by Crippen LogP contribution is -2.40. The summed E-state index contributed by atoms with van der Waals surface area (Å²) in [6.07, 6.45) is 0. The van der Waals surface area contributed by atoms with E-state index in [2.05, 4.69) is 10.0 Å². The number of hydrogen-bond acceptors (Lipinski definition) is 4. The molecule has 0 saturated heterocycles. The van der Waals surface area contributed by atoms with Gasteiger partial charge < -0.3 is 10.1 Å². The quantitative estimate of drug-likeness (QED) is 0.832. The molecular formula is C15H24N2O4S. The van der Waals surface area contributed by atoms with Crippen LogP contribution in [0.25, 0.3) is 0 Å². The number of ether oxygens (including phenoxy) is 1. The predicted octanol–water partition coefficient (Wildman–Crippen LogP) is 1.67. The lowest BCUT2D eigenvalue weighted by Gasteiger charge is -2.20. The molecule has 0 radical (unpaired) electrons. The Hall–Kier alpha value is -1.60. The smallest absolute Gasteiger partial charge is 0.258 e. The van der Waals surface area contributed by atoms with E-state index in [4.69, 9.17) is 4.74 Å². The van der Waals surface area contributed by atoms with Crippen LogP contribution in [0.1, 0.15) is 34.6 Å². The van der Waals surface area contributed by atoms with Gasteiger partial charge in [0.1, 0.15) is 5.75 Å². The molecule has 0 unspecified atom stereocenters. The fraction of sp³-hybridized carbons (Fsp3) is 0.533. The van der Waals surface area contributed by atoms with Crippen LogP contribution >= 0.6 is 0 Å². The number of carbonyl (C=O) groups excluding carboxylic acids is 1. The molecule has 2 N–H and O–H groups in total. The second-order valence-electron chi connectivity index (χ2n) is 6.34. The summed E-state index contributed by atoms with van der Waals surface area (Å²) >= 11 is 0. The first-order chi connectivity index (χ1) is 9.99. The Labute approximate surface area is 132 Å². The van der Waals surface area contributed by atoms with Gasteiger partial charge in [0, 0.05) is 11.6 Å². The summed E-state index contributed by atoms with van der Waals surface area (Å²) in [6.45, 7) is 8.93. The Kier molecular flexibility index (Phi) is 5.96. The monoisotopic (exact) mass is 328 g/mol. The second kappa shape index (κ2) is 7.11. The van der Waals surface area contributed by atoms with Crippen LogP contribution in [0.4, 0.5) is 0 Å². The molecule has 1 rings (SSSR count). The van der Waals surface area contributed by atoms with Crippen LogP contribution in [0, 0.1) is 0 Å². The summed E-state index contributed by atoms with van der Waals surface area (Å²) in [6, 6.07) is 6.00. The lowest BCUT2D eigenvalue weighted by molar-refractivity contribution is -0.123. The van der Waals surface area contributed by atoms with Crippen molar-refractivity contribution < 1.29 is 17.9 Å². The summed E-state index contributed by atoms with van der Waals surface area (Å²) in [5, 5.41) is 2.70. The van der Waals surface area contributed by atoms with Crippen molar-refractivity contribution in [3.63, 3.8) is 0 Å². The van der Waals surface area contributed by atoms with Crippen molar-refractivity contribution in [3.05, 3.63) is 24.3 Å². The average Bonchev–Trinajstić information content (AvgIpc) is 2.33. The van der Waals surface area contributed by atoms with Gasteiger partial charge in [0.25, 0.3) is 5.91 Å². The molecule has 0 fully saturated rings. The summed E-state index contributed by atoms with van der Waals surface area (Å²) < 4.78 is 32.1. The highest BCUT2D eigenvalue weighted by Crippen LogP contribution is 2.17. The SMILES string of the molecule is CC(C)NC(=O)COc1ccc(S(=O)(=O)NC(C)(C)C)cc1. The minimum atomic E-state index is -3.57. The molecule has 0 bridgehead atoms. The zero-order valence-electron chi connectivity index (χ0n) is 13.6. The molecule has 6 nitrogen and oxygen atoms in total. The molecule has 0 heterocycles. The van der Waals surface area contributed by atoms with Gasteiger partial charge in [-0.15, -0.1) is 0 Å². The van der Waals surface area contributed by atoms with E-state index in [0.29, 0.717) is 5.75 Å². The molecular weight excluding hydrogens is 304 g/mol. The molecule has 0 aliphatic heterocycles. The van der Waals surface area contributed by atoms with Crippen LogP contribution in [0.3, 0.4) is 0 Å². The molecule has 1 aromatic rings. The van der Waals surface area contributed by atoms with Crippen molar-refractivity contribution >= 4 is 15.9 Å². The highest BCUT2D eigenvalue weighted by atomic mass is 32.2. The Bertz CT molecular complexity index is 601. The molecule has 124 valence electrons. The number of sulfonamides is 1. The van der Waals surface area contributed by atoms with E-state index in [-0.39, 0.29) is 23.5 Å². The van der Waals surface area contributed by atoms with Crippen LogP contribution in [-0.4, -0.2) is 32.5 Å². The van der Waals surface area contributed by atoms with E-state index in [1.807, 2.05) is 13.8 Å². The Balaban J connectivity index is 2.69. The number of rotatable bonds is 6. The summed E-state index contributed by atoms with van der Waals surface area (Å²) in [5.74, 6) is 0.217. The van der Waals surface area contributed by atoms with Crippen LogP contribution in [0.5, 0.6) is 5.75 Å². The van der Waals surface area contributed by atoms with E-state index in [0.717, 1.165) is 0 Å². The molecule has 1 amide bonds. The molecule has 0 spiro atoms. The van der Waals surface area contributed by atoms with Crippen LogP contribution in [-0.2, 0) is 14.8 Å². The zero-order valence-corrected chi connectivity index (χ0v) is 14.5. The van der Waals surface area contributed by atoms with E-state index >= 15 is 0 Å². The molecule has 0 saturated carbocycles. The maximum atomic E-state index is 12.1. The third-order valence-electron chi connectivity index (χ3n) is 2.39. The van der Waals surface area contributed by atoms with Gasteiger partial charge in [-0.2, -0.15) is 0 Å². The molecule has 1 aromatic carbocycles. The molecule has 0 aliphatic carbocycles. The van der Waals surface area contributed by atoms with Gasteiger partial charge in [-0.05, 0) is 58.9 Å². The molecule has 22 heavy (non-hydrogen) atoms. The van der Waals surface area contributed by atoms with Crippen molar-refractivity contribution in [3.8, 4) is 5.75 Å². The number of nitrogens with one attached hydrogen (secondary N) is 2. The van der Waals surface area contributed by atoms with Crippen molar-refractivity contribution in [1.82, 2.24) is 10.0 Å². The van der Waals surface area contributed by atoms with E-state index in [1.54, 1.807) is 20.8 Å². The highest BCUT2D eigenvalue weighted by Gasteiger charge is 2.21. The van der Waals surface area contributed by atoms with Gasteiger partial charge in [-0.3, -0.25) is 4.79 Å². The van der Waals surface area contributed by atoms with Crippen molar-refractivity contribution in [1.29, 1.82) is 0 Å². The van der Waals surface area contributed by atoms with E-state index in [9.17, 15) is 13.2 Å². The first kappa shape index (κ1) is 18.4. The van der Waals surface area contributed by atoms with Crippen LogP contribution in [0.2, 0.25) is 0 Å². The first-order valence-corrected chi connectivity index (χ1v) is 8.54. The standard InChI is InChI=1S/C15H24N2O4S/c1-11(2)16-14(18)10-21-12-6-8-13(9-7-12)22(19,20)17-15(3,4)5/h6-9,11,17H,10H2,1-5H3,(H,16,18). The van der Waals surface area contributed by atoms with E-state index in [1.165, 1.54) is 24.3 Å². The van der Waals surface area contributed by atoms with Crippen molar-refractivity contribution in [2.75, 3.05) is 6.61 Å². The topological polar surface area (TPSA) is 84.5 Å². The van der Waals surface area contributed by atoms with Gasteiger partial charge in [0.15, 0.2) is 6.61 Å². The maximum absolute atomic E-state index is 12.1. The van der Waals surface area contributed by atoms with Crippen LogP contribution in [0.15, 0.2) is 29.2 Å². The van der Waals surface area contributed by atoms with Gasteiger partial charge in [-0.25, -0.2) is 13.1 Å². The largest absolute Gasteiger partial charge is 0.484 e. The van der Waals surface area contributed by atoms with Gasteiger partial charge in [0.05, 0.1) is 4.90 Å². The fourth-order valence-corrected chi connectivity index (χ4v) is 3.11. The van der Waals surface area contributed by atoms with Gasteiger partial charge >= 0.3 is 0 Å². The molecule has 0 aliphatic rings. The second-order valence-corrected chi connectivity index (χ2v) is 8.02. The normalized spacial score (nSPS) is 12.3. The van der Waals surface area contributed by atoms with Crippen molar-refractivity contribution in [2.45, 2.75) is 51.1 Å². The summed E-state index contributed by atoms with van der Waals surface area (Å²) in [4.78, 5) is 11.6. The number of hydrogen-bond donors (Lipinski definition) is 2. The Morgan fingerprint density at radius 1 is 1.18 bits per heavy atom. The highest BCUT2D eigenvalue weighted by molar-refractivity contribution is 7.89. The molecule has 0 atom stereocenters. The maximum Gasteiger partial charge on any atom is 0.258 e. The zero-order chi connectivity index (χ0) is 17.0. The summed E-state index contributed by atoms with van der Waals surface area (Å²) in [5.41, 5.74) is -0.553. The third kappa shape index (κ3) is 6.44. The van der Waals surface area contributed by atoms with Gasteiger partial charge in [0.2, 0.25) is 10.0 Å². The third-order valence-corrected chi connectivity index (χ3v) is 4.17. The lowest BCUT2D eigenvalue weighted by atomic mass is 10.1. The fourth-order valence-electron chi connectivity index (χ4n) is 1.69. The molecule has 7 heteroatoms. The minimum Gasteiger partial charge on any atom is -0.484 e. The Morgan fingerprint density at radius 3 is 2.18 bits per heavy atom. The predicted molar refractivity (Wildman–Crippen MR) is 85.3 cm³/mol. The number of amides is 1. The van der Waals surface area contributed by atoms with Gasteiger partial charge in [-0.1, -0.05) is 0 Å². The average molecular weight is 328 g/mol. The molecule has 0 aromatic heterocycles. The number of carbonyl (C=O) groups is 1. The Morgan fingerprint density at radius 2 is 1.73 bits per heavy atom. The van der Waals surface area contributed by atoms with Crippen molar-refractivity contribution in [2.24, 2.45) is 0 Å². The first-order valence-electron chi connectivity index (χ1n) is 7.06. The summed E-state index contributed by atoms with van der Waals surface area (Å²) in [7, 11) is -3.57.